The van der Waals surface area contributed by atoms with E-state index < -0.39 is 5.76 Å². The van der Waals surface area contributed by atoms with E-state index in [2.05, 4.69) is 43.7 Å². The van der Waals surface area contributed by atoms with Crippen LogP contribution in [0.15, 0.2) is 58.0 Å². The van der Waals surface area contributed by atoms with Gasteiger partial charge in [0.15, 0.2) is 0 Å². The molecule has 2 heterocycles. The fourth-order valence-electron chi connectivity index (χ4n) is 2.24. The van der Waals surface area contributed by atoms with Crippen molar-refractivity contribution >= 4 is 0 Å². The molecule has 0 atom stereocenters. The van der Waals surface area contributed by atoms with Gasteiger partial charge in [0.2, 0.25) is 5.82 Å². The molecular weight excluding hydrogens is 308 g/mol. The lowest BCUT2D eigenvalue weighted by Crippen LogP contribution is -2.23. The second kappa shape index (κ2) is 7.56. The Kier molecular flexibility index (Phi) is 5.02. The molecule has 7 nitrogen and oxygen atoms in total. The zero-order chi connectivity index (χ0) is 16.8. The summed E-state index contributed by atoms with van der Waals surface area (Å²) >= 11 is 0. The number of hydrogen-bond acceptors (Lipinski definition) is 6. The lowest BCUT2D eigenvalue weighted by Gasteiger charge is -2.17. The van der Waals surface area contributed by atoms with Crippen LogP contribution in [0, 0.1) is 0 Å². The lowest BCUT2D eigenvalue weighted by atomic mass is 10.2. The maximum Gasteiger partial charge on any atom is 0.439 e. The Morgan fingerprint density at radius 2 is 2.04 bits per heavy atom. The van der Waals surface area contributed by atoms with E-state index in [1.807, 2.05) is 18.2 Å². The number of H-pyrrole nitrogens is 1. The van der Waals surface area contributed by atoms with Gasteiger partial charge in [-0.15, -0.1) is 0 Å². The maximum atomic E-state index is 10.9. The number of pyridine rings is 1. The molecule has 1 N–H and O–H groups in total. The number of nitrogens with zero attached hydrogens (tertiary/aromatic N) is 3. The Morgan fingerprint density at radius 1 is 1.21 bits per heavy atom. The third kappa shape index (κ3) is 4.30. The molecule has 0 saturated heterocycles. The van der Waals surface area contributed by atoms with Crippen LogP contribution in [0.3, 0.4) is 0 Å². The summed E-state index contributed by atoms with van der Waals surface area (Å²) in [5.41, 5.74) is 1.79. The van der Waals surface area contributed by atoms with Gasteiger partial charge in [-0.25, -0.2) is 9.78 Å². The molecule has 0 aliphatic heterocycles. The summed E-state index contributed by atoms with van der Waals surface area (Å²) < 4.78 is 10.1. The minimum Gasteiger partial charge on any atom is -0.491 e. The van der Waals surface area contributed by atoms with Crippen molar-refractivity contribution in [2.24, 2.45) is 0 Å². The summed E-state index contributed by atoms with van der Waals surface area (Å²) in [5.74, 6) is 0.362. The highest BCUT2D eigenvalue weighted by molar-refractivity contribution is 5.48. The smallest absolute Gasteiger partial charge is 0.439 e. The van der Waals surface area contributed by atoms with Crippen molar-refractivity contribution in [2.45, 2.75) is 6.54 Å². The van der Waals surface area contributed by atoms with Crippen LogP contribution in [-0.2, 0) is 6.54 Å². The Balaban J connectivity index is 1.47. The van der Waals surface area contributed by atoms with E-state index in [1.54, 1.807) is 18.3 Å². The molecule has 124 valence electrons. The first-order valence-corrected chi connectivity index (χ1v) is 7.58. The van der Waals surface area contributed by atoms with Gasteiger partial charge in [0, 0.05) is 13.1 Å². The average molecular weight is 326 g/mol. The van der Waals surface area contributed by atoms with Gasteiger partial charge in [-0.1, -0.05) is 35.5 Å². The number of aromatic nitrogens is 3. The van der Waals surface area contributed by atoms with Crippen LogP contribution >= 0.6 is 0 Å². The van der Waals surface area contributed by atoms with Gasteiger partial charge < -0.3 is 4.74 Å². The van der Waals surface area contributed by atoms with Crippen LogP contribution in [0.25, 0.3) is 11.5 Å². The topological polar surface area (TPSA) is 84.2 Å². The SMILES string of the molecule is CN(CCOc1ccc(-c2noc(=O)[nH]2)nc1)Cc1ccccc1. The van der Waals surface area contributed by atoms with Gasteiger partial charge in [-0.3, -0.25) is 14.4 Å². The quantitative estimate of drug-likeness (QED) is 0.714. The van der Waals surface area contributed by atoms with Gasteiger partial charge >= 0.3 is 5.76 Å². The Morgan fingerprint density at radius 3 is 2.71 bits per heavy atom. The fourth-order valence-corrected chi connectivity index (χ4v) is 2.24. The van der Waals surface area contributed by atoms with Crippen molar-refractivity contribution in [1.82, 2.24) is 20.0 Å². The van der Waals surface area contributed by atoms with Crippen molar-refractivity contribution in [3.05, 3.63) is 64.8 Å². The maximum absolute atomic E-state index is 10.9. The molecule has 0 aliphatic rings. The van der Waals surface area contributed by atoms with Crippen LogP contribution in [0.2, 0.25) is 0 Å². The van der Waals surface area contributed by atoms with Gasteiger partial charge in [-0.2, -0.15) is 0 Å². The van der Waals surface area contributed by atoms with Gasteiger partial charge in [0.25, 0.3) is 0 Å². The molecule has 0 radical (unpaired) electrons. The number of ether oxygens (including phenoxy) is 1. The summed E-state index contributed by atoms with van der Waals surface area (Å²) in [4.78, 5) is 19.8. The third-order valence-electron chi connectivity index (χ3n) is 3.46. The van der Waals surface area contributed by atoms with Crippen molar-refractivity contribution in [2.75, 3.05) is 20.2 Å². The van der Waals surface area contributed by atoms with E-state index in [0.29, 0.717) is 23.9 Å². The molecular formula is C17H18N4O3. The Bertz CT molecular complexity index is 812. The first kappa shape index (κ1) is 15.9. The summed E-state index contributed by atoms with van der Waals surface area (Å²) in [6.07, 6.45) is 1.60. The number of benzene rings is 1. The molecule has 7 heteroatoms. The van der Waals surface area contributed by atoms with Crippen LogP contribution in [0.1, 0.15) is 5.56 Å². The van der Waals surface area contributed by atoms with E-state index in [-0.39, 0.29) is 0 Å². The van der Waals surface area contributed by atoms with E-state index >= 15 is 0 Å². The molecule has 0 saturated carbocycles. The molecule has 3 aromatic rings. The van der Waals surface area contributed by atoms with Crippen molar-refractivity contribution in [3.8, 4) is 17.3 Å². The Labute approximate surface area is 138 Å². The minimum absolute atomic E-state index is 0.300. The summed E-state index contributed by atoms with van der Waals surface area (Å²) in [5, 5.41) is 3.59. The molecule has 0 spiro atoms. The average Bonchev–Trinajstić information content (AvgIpc) is 3.03. The number of hydrogen-bond donors (Lipinski definition) is 1. The largest absolute Gasteiger partial charge is 0.491 e. The van der Waals surface area contributed by atoms with Crippen LogP contribution in [0.5, 0.6) is 5.75 Å². The minimum atomic E-state index is -0.603. The normalized spacial score (nSPS) is 10.9. The van der Waals surface area contributed by atoms with Crippen LogP contribution < -0.4 is 10.5 Å². The molecule has 0 aliphatic carbocycles. The molecule has 24 heavy (non-hydrogen) atoms. The number of likely N-dealkylation sites (N-methyl/N-ethyl adjacent to an activating group) is 1. The predicted molar refractivity (Wildman–Crippen MR) is 88.6 cm³/mol. The molecule has 0 bridgehead atoms. The number of rotatable bonds is 7. The molecule has 0 fully saturated rings. The highest BCUT2D eigenvalue weighted by atomic mass is 16.5. The van der Waals surface area contributed by atoms with E-state index in [9.17, 15) is 4.79 Å². The number of aromatic amines is 1. The predicted octanol–water partition coefficient (Wildman–Crippen LogP) is 1.94. The van der Waals surface area contributed by atoms with Crippen molar-refractivity contribution in [1.29, 1.82) is 0 Å². The molecule has 0 amide bonds. The summed E-state index contributed by atoms with van der Waals surface area (Å²) in [6, 6.07) is 13.8. The standard InChI is InChI=1S/C17H18N4O3/c1-21(12-13-5-3-2-4-6-13)9-10-23-14-7-8-15(18-11-14)16-19-17(22)24-20-16/h2-8,11H,9-10,12H2,1H3,(H,19,20,22). The van der Waals surface area contributed by atoms with Crippen molar-refractivity contribution < 1.29 is 9.26 Å². The fraction of sp³-hybridized carbons (Fsp3) is 0.235. The monoisotopic (exact) mass is 326 g/mol. The molecule has 0 unspecified atom stereocenters. The first-order chi connectivity index (χ1) is 11.7. The highest BCUT2D eigenvalue weighted by Crippen LogP contribution is 2.15. The van der Waals surface area contributed by atoms with Gasteiger partial charge in [-0.05, 0) is 24.7 Å². The second-order valence-corrected chi connectivity index (χ2v) is 5.39. The molecule has 1 aromatic carbocycles. The summed E-state index contributed by atoms with van der Waals surface area (Å²) in [7, 11) is 2.05. The van der Waals surface area contributed by atoms with E-state index in [1.165, 1.54) is 5.56 Å². The molecule has 2 aromatic heterocycles. The number of nitrogens with one attached hydrogen (secondary N) is 1. The Hall–Kier alpha value is -2.93. The first-order valence-electron chi connectivity index (χ1n) is 7.58. The van der Waals surface area contributed by atoms with Crippen molar-refractivity contribution in [3.63, 3.8) is 0 Å². The van der Waals surface area contributed by atoms with Crippen LogP contribution in [0.4, 0.5) is 0 Å². The van der Waals surface area contributed by atoms with E-state index in [4.69, 9.17) is 4.74 Å². The lowest BCUT2D eigenvalue weighted by molar-refractivity contribution is 0.232. The highest BCUT2D eigenvalue weighted by Gasteiger charge is 2.06. The van der Waals surface area contributed by atoms with Gasteiger partial charge in [0.05, 0.1) is 6.20 Å². The van der Waals surface area contributed by atoms with Crippen LogP contribution in [-0.4, -0.2) is 40.2 Å². The zero-order valence-corrected chi connectivity index (χ0v) is 13.3. The molecule has 3 rings (SSSR count). The summed E-state index contributed by atoms with van der Waals surface area (Å²) in [6.45, 7) is 2.24. The van der Waals surface area contributed by atoms with E-state index in [0.717, 1.165) is 13.1 Å². The zero-order valence-electron chi connectivity index (χ0n) is 13.3. The second-order valence-electron chi connectivity index (χ2n) is 5.39. The van der Waals surface area contributed by atoms with Gasteiger partial charge in [0.1, 0.15) is 18.1 Å². The third-order valence-corrected chi connectivity index (χ3v) is 3.46.